The molecule has 0 saturated carbocycles. The van der Waals surface area contributed by atoms with E-state index < -0.39 is 22.4 Å². The van der Waals surface area contributed by atoms with Crippen molar-refractivity contribution in [2.75, 3.05) is 0 Å². The van der Waals surface area contributed by atoms with Crippen molar-refractivity contribution in [2.24, 2.45) is 0 Å². The van der Waals surface area contributed by atoms with E-state index in [0.29, 0.717) is 0 Å². The Morgan fingerprint density at radius 2 is 1.00 bits per heavy atom. The molecule has 10 heavy (non-hydrogen) atoms. The Labute approximate surface area is 79.9 Å². The minimum Gasteiger partial charge on any atom is -0.501 e. The Hall–Kier alpha value is -0.125. The summed E-state index contributed by atoms with van der Waals surface area (Å²) in [5.41, 5.74) is -2.02. The third kappa shape index (κ3) is 1.48. The van der Waals surface area contributed by atoms with Crippen molar-refractivity contribution in [3.05, 3.63) is 20.4 Å². The second-order valence-corrected chi connectivity index (χ2v) is 1.36. The molecular weight excluding hydrogens is 126 g/mol. The SMILES string of the molecule is O=c1c(O)c(O)c1=O.[Li].[Li]. The molecule has 0 saturated heterocycles. The van der Waals surface area contributed by atoms with Crippen molar-refractivity contribution in [3.8, 4) is 11.5 Å². The molecule has 6 heteroatoms. The zero-order chi connectivity index (χ0) is 6.31. The summed E-state index contributed by atoms with van der Waals surface area (Å²) in [6, 6.07) is 0. The summed E-state index contributed by atoms with van der Waals surface area (Å²) in [6.07, 6.45) is 0. The third-order valence-electron chi connectivity index (χ3n) is 0.861. The molecule has 0 aliphatic carbocycles. The van der Waals surface area contributed by atoms with Crippen LogP contribution in [0.3, 0.4) is 0 Å². The van der Waals surface area contributed by atoms with Crippen LogP contribution in [0.4, 0.5) is 0 Å². The van der Waals surface area contributed by atoms with Crippen LogP contribution in [0, 0.1) is 0 Å². The molecule has 0 spiro atoms. The minimum absolute atomic E-state index is 0. The van der Waals surface area contributed by atoms with Crippen LogP contribution in [-0.2, 0) is 0 Å². The smallest absolute Gasteiger partial charge is 0.275 e. The summed E-state index contributed by atoms with van der Waals surface area (Å²) in [5.74, 6) is -1.65. The molecule has 0 atom stereocenters. The first-order valence-corrected chi connectivity index (χ1v) is 1.86. The topological polar surface area (TPSA) is 74.6 Å². The van der Waals surface area contributed by atoms with Crippen molar-refractivity contribution in [1.82, 2.24) is 0 Å². The van der Waals surface area contributed by atoms with E-state index in [9.17, 15) is 9.59 Å². The summed E-state index contributed by atoms with van der Waals surface area (Å²) in [4.78, 5) is 19.9. The Morgan fingerprint density at radius 1 is 0.800 bits per heavy atom. The molecule has 1 aromatic rings. The number of hydrogen-bond acceptors (Lipinski definition) is 4. The van der Waals surface area contributed by atoms with E-state index in [1.807, 2.05) is 0 Å². The van der Waals surface area contributed by atoms with Gasteiger partial charge >= 0.3 is 0 Å². The molecule has 2 N–H and O–H groups in total. The molecular formula is C4H2Li2O4. The third-order valence-corrected chi connectivity index (χ3v) is 0.861. The van der Waals surface area contributed by atoms with Crippen molar-refractivity contribution in [2.45, 2.75) is 0 Å². The molecule has 44 valence electrons. The average Bonchev–Trinajstić information content (AvgIpc) is 1.83. The van der Waals surface area contributed by atoms with E-state index in [2.05, 4.69) is 0 Å². The number of hydrogen-bond donors (Lipinski definition) is 2. The van der Waals surface area contributed by atoms with Crippen LogP contribution in [0.15, 0.2) is 9.59 Å². The van der Waals surface area contributed by atoms with E-state index in [0.717, 1.165) is 0 Å². The van der Waals surface area contributed by atoms with Gasteiger partial charge in [0.2, 0.25) is 11.5 Å². The van der Waals surface area contributed by atoms with Gasteiger partial charge in [-0.2, -0.15) is 0 Å². The molecule has 0 aliphatic rings. The summed E-state index contributed by atoms with van der Waals surface area (Å²) in [6.45, 7) is 0. The van der Waals surface area contributed by atoms with Crippen LogP contribution in [-0.4, -0.2) is 47.9 Å². The van der Waals surface area contributed by atoms with E-state index in [-0.39, 0.29) is 37.7 Å². The predicted molar refractivity (Wildman–Crippen MR) is 36.2 cm³/mol. The fourth-order valence-electron chi connectivity index (χ4n) is 0.368. The average molecular weight is 128 g/mol. The first-order valence-electron chi connectivity index (χ1n) is 1.86. The van der Waals surface area contributed by atoms with Gasteiger partial charge in [-0.1, -0.05) is 0 Å². The van der Waals surface area contributed by atoms with Crippen molar-refractivity contribution in [3.63, 3.8) is 0 Å². The maximum atomic E-state index is 9.95. The van der Waals surface area contributed by atoms with Gasteiger partial charge in [0.15, 0.2) is 0 Å². The molecule has 0 bridgehead atoms. The van der Waals surface area contributed by atoms with Gasteiger partial charge < -0.3 is 10.2 Å². The quantitative estimate of drug-likeness (QED) is 0.311. The van der Waals surface area contributed by atoms with Crippen LogP contribution in [0.2, 0.25) is 0 Å². The zero-order valence-electron chi connectivity index (χ0n) is 5.71. The number of rotatable bonds is 0. The minimum atomic E-state index is -1.01. The molecule has 0 aliphatic heterocycles. The molecule has 1 rings (SSSR count). The Morgan fingerprint density at radius 3 is 1.10 bits per heavy atom. The number of aromatic hydroxyl groups is 2. The van der Waals surface area contributed by atoms with Gasteiger partial charge in [0.1, 0.15) is 0 Å². The van der Waals surface area contributed by atoms with Gasteiger partial charge in [0.05, 0.1) is 0 Å². The summed E-state index contributed by atoms with van der Waals surface area (Å²) in [7, 11) is 0. The molecule has 0 heterocycles. The summed E-state index contributed by atoms with van der Waals surface area (Å²) in [5, 5.41) is 16.4. The first-order chi connectivity index (χ1) is 3.64. The van der Waals surface area contributed by atoms with Gasteiger partial charge in [-0.3, -0.25) is 9.59 Å². The van der Waals surface area contributed by atoms with Crippen LogP contribution in [0.25, 0.3) is 0 Å². The summed E-state index contributed by atoms with van der Waals surface area (Å²) < 4.78 is 0. The second kappa shape index (κ2) is 3.90. The van der Waals surface area contributed by atoms with Crippen LogP contribution in [0.5, 0.6) is 11.5 Å². The van der Waals surface area contributed by atoms with E-state index in [1.54, 1.807) is 0 Å². The van der Waals surface area contributed by atoms with Gasteiger partial charge in [-0.25, -0.2) is 0 Å². The van der Waals surface area contributed by atoms with Gasteiger partial charge in [0, 0.05) is 37.7 Å². The summed E-state index contributed by atoms with van der Waals surface area (Å²) >= 11 is 0. The van der Waals surface area contributed by atoms with Gasteiger partial charge in [-0.15, -0.1) is 0 Å². The van der Waals surface area contributed by atoms with E-state index in [1.165, 1.54) is 0 Å². The fourth-order valence-corrected chi connectivity index (χ4v) is 0.368. The van der Waals surface area contributed by atoms with Crippen molar-refractivity contribution < 1.29 is 10.2 Å². The normalized spacial score (nSPS) is 8.00. The fraction of sp³-hybridized carbons (Fsp3) is 0. The standard InChI is InChI=1S/C4H2O4.2Li/c5-1-2(6)4(8)3(1)7;;/h5-6H;;. The van der Waals surface area contributed by atoms with Crippen LogP contribution >= 0.6 is 0 Å². The molecule has 0 amide bonds. The van der Waals surface area contributed by atoms with E-state index in [4.69, 9.17) is 10.2 Å². The first kappa shape index (κ1) is 12.5. The predicted octanol–water partition coefficient (Wildman–Crippen LogP) is -2.07. The Kier molecular flexibility index (Phi) is 4.89. The van der Waals surface area contributed by atoms with Gasteiger partial charge in [0.25, 0.3) is 10.9 Å². The van der Waals surface area contributed by atoms with Crippen LogP contribution < -0.4 is 10.9 Å². The molecule has 2 radical (unpaired) electrons. The largest absolute Gasteiger partial charge is 0.501 e. The van der Waals surface area contributed by atoms with E-state index >= 15 is 0 Å². The monoisotopic (exact) mass is 128 g/mol. The van der Waals surface area contributed by atoms with Crippen molar-refractivity contribution >= 4 is 37.7 Å². The van der Waals surface area contributed by atoms with Crippen LogP contribution in [0.1, 0.15) is 0 Å². The maximum absolute atomic E-state index is 9.95. The Balaban J connectivity index is 0. The maximum Gasteiger partial charge on any atom is 0.275 e. The molecule has 4 nitrogen and oxygen atoms in total. The molecule has 1 aromatic carbocycles. The Bertz CT molecular complexity index is 255. The molecule has 0 fully saturated rings. The zero-order valence-corrected chi connectivity index (χ0v) is 5.71. The molecule has 0 aromatic heterocycles. The second-order valence-electron chi connectivity index (χ2n) is 1.36. The molecule has 0 unspecified atom stereocenters. The van der Waals surface area contributed by atoms with Crippen molar-refractivity contribution in [1.29, 1.82) is 0 Å². The van der Waals surface area contributed by atoms with Gasteiger partial charge in [-0.05, 0) is 0 Å².